The summed E-state index contributed by atoms with van der Waals surface area (Å²) in [4.78, 5) is 24.2. The molecule has 0 aromatic heterocycles. The Morgan fingerprint density at radius 2 is 2.00 bits per heavy atom. The van der Waals surface area contributed by atoms with E-state index in [9.17, 15) is 22.8 Å². The summed E-state index contributed by atoms with van der Waals surface area (Å²) in [7, 11) is 0. The molecule has 1 aliphatic rings. The van der Waals surface area contributed by atoms with E-state index in [0.717, 1.165) is 31.4 Å². The first kappa shape index (κ1) is 22.8. The van der Waals surface area contributed by atoms with Gasteiger partial charge in [0.25, 0.3) is 0 Å². The normalized spacial score (nSPS) is 19.5. The number of alkyl halides is 3. The maximum atomic E-state index is 12.7. The van der Waals surface area contributed by atoms with Crippen molar-refractivity contribution in [2.24, 2.45) is 5.92 Å². The van der Waals surface area contributed by atoms with Crippen LogP contribution in [-0.4, -0.2) is 37.2 Å². The number of amides is 3. The van der Waals surface area contributed by atoms with Gasteiger partial charge in [-0.15, -0.1) is 0 Å². The number of ether oxygens (including phenoxy) is 1. The monoisotopic (exact) mass is 415 g/mol. The highest BCUT2D eigenvalue weighted by Crippen LogP contribution is 2.31. The third-order valence-corrected chi connectivity index (χ3v) is 4.63. The van der Waals surface area contributed by atoms with Gasteiger partial charge in [0.05, 0.1) is 12.1 Å². The summed E-state index contributed by atoms with van der Waals surface area (Å²) in [6.45, 7) is 4.00. The van der Waals surface area contributed by atoms with Crippen LogP contribution >= 0.6 is 0 Å². The fraction of sp³-hybridized carbons (Fsp3) is 0.600. The van der Waals surface area contributed by atoms with Gasteiger partial charge < -0.3 is 20.7 Å². The van der Waals surface area contributed by atoms with Gasteiger partial charge in [-0.05, 0) is 51.3 Å². The minimum atomic E-state index is -4.43. The largest absolute Gasteiger partial charge is 0.492 e. The highest BCUT2D eigenvalue weighted by molar-refractivity contribution is 5.79. The molecule has 2 atom stereocenters. The Morgan fingerprint density at radius 3 is 2.69 bits per heavy atom. The van der Waals surface area contributed by atoms with Crippen LogP contribution in [0.1, 0.15) is 45.1 Å². The molecule has 3 amide bonds. The van der Waals surface area contributed by atoms with Crippen LogP contribution in [0.15, 0.2) is 24.3 Å². The summed E-state index contributed by atoms with van der Waals surface area (Å²) < 4.78 is 43.3. The van der Waals surface area contributed by atoms with Crippen LogP contribution in [0, 0.1) is 5.92 Å². The molecule has 1 saturated carbocycles. The van der Waals surface area contributed by atoms with E-state index in [0.29, 0.717) is 6.42 Å². The molecule has 2 unspecified atom stereocenters. The summed E-state index contributed by atoms with van der Waals surface area (Å²) in [5.74, 6) is -0.00425. The van der Waals surface area contributed by atoms with Crippen LogP contribution in [0.3, 0.4) is 0 Å². The molecule has 29 heavy (non-hydrogen) atoms. The first-order chi connectivity index (χ1) is 13.6. The maximum absolute atomic E-state index is 12.7. The lowest BCUT2D eigenvalue weighted by molar-refractivity contribution is -0.137. The first-order valence-corrected chi connectivity index (χ1v) is 9.80. The Morgan fingerprint density at radius 1 is 1.24 bits per heavy atom. The predicted octanol–water partition coefficient (Wildman–Crippen LogP) is 3.47. The number of rotatable bonds is 7. The van der Waals surface area contributed by atoms with Crippen molar-refractivity contribution >= 4 is 11.9 Å². The minimum absolute atomic E-state index is 0.0152. The number of hydrogen-bond acceptors (Lipinski definition) is 3. The van der Waals surface area contributed by atoms with Crippen LogP contribution < -0.4 is 20.7 Å². The number of hydrogen-bond donors (Lipinski definition) is 3. The van der Waals surface area contributed by atoms with Gasteiger partial charge in [0.2, 0.25) is 5.91 Å². The molecule has 1 aromatic rings. The molecule has 0 saturated heterocycles. The predicted molar refractivity (Wildman–Crippen MR) is 102 cm³/mol. The van der Waals surface area contributed by atoms with Crippen molar-refractivity contribution in [2.45, 2.75) is 57.8 Å². The van der Waals surface area contributed by atoms with Gasteiger partial charge in [0, 0.05) is 18.0 Å². The summed E-state index contributed by atoms with van der Waals surface area (Å²) in [5, 5.41) is 8.38. The highest BCUT2D eigenvalue weighted by atomic mass is 19.4. The van der Waals surface area contributed by atoms with Gasteiger partial charge in [-0.25, -0.2) is 4.79 Å². The fourth-order valence-electron chi connectivity index (χ4n) is 3.29. The zero-order valence-electron chi connectivity index (χ0n) is 16.6. The average Bonchev–Trinajstić information content (AvgIpc) is 2.64. The third-order valence-electron chi connectivity index (χ3n) is 4.63. The van der Waals surface area contributed by atoms with Gasteiger partial charge in [0.15, 0.2) is 0 Å². The Kier molecular flexibility index (Phi) is 8.16. The Balaban J connectivity index is 1.70. The Hall–Kier alpha value is -2.45. The van der Waals surface area contributed by atoms with Crippen LogP contribution in [0.2, 0.25) is 0 Å². The summed E-state index contributed by atoms with van der Waals surface area (Å²) in [6.07, 6.45) is -1.36. The molecule has 6 nitrogen and oxygen atoms in total. The van der Waals surface area contributed by atoms with Crippen molar-refractivity contribution in [3.63, 3.8) is 0 Å². The zero-order valence-corrected chi connectivity index (χ0v) is 16.6. The molecule has 0 aliphatic heterocycles. The molecule has 0 bridgehead atoms. The van der Waals surface area contributed by atoms with Crippen molar-refractivity contribution in [3.05, 3.63) is 29.8 Å². The molecule has 1 fully saturated rings. The number of carbonyl (C=O) groups excluding carboxylic acids is 2. The van der Waals surface area contributed by atoms with Crippen LogP contribution in [0.25, 0.3) is 0 Å². The molecule has 1 aliphatic carbocycles. The van der Waals surface area contributed by atoms with E-state index in [4.69, 9.17) is 4.74 Å². The van der Waals surface area contributed by atoms with Crippen LogP contribution in [0.4, 0.5) is 18.0 Å². The van der Waals surface area contributed by atoms with Crippen LogP contribution in [-0.2, 0) is 11.0 Å². The zero-order chi connectivity index (χ0) is 21.4. The van der Waals surface area contributed by atoms with Crippen molar-refractivity contribution < 1.29 is 27.5 Å². The van der Waals surface area contributed by atoms with Gasteiger partial charge in [-0.2, -0.15) is 13.2 Å². The van der Waals surface area contributed by atoms with E-state index in [2.05, 4.69) is 16.0 Å². The number of benzene rings is 1. The van der Waals surface area contributed by atoms with Gasteiger partial charge in [-0.1, -0.05) is 12.5 Å². The molecule has 1 aromatic carbocycles. The second-order valence-corrected chi connectivity index (χ2v) is 7.50. The number of urea groups is 1. The molecular formula is C20H28F3N3O3. The topological polar surface area (TPSA) is 79.5 Å². The van der Waals surface area contributed by atoms with E-state index >= 15 is 0 Å². The van der Waals surface area contributed by atoms with E-state index < -0.39 is 11.7 Å². The van der Waals surface area contributed by atoms with Crippen molar-refractivity contribution in [2.75, 3.05) is 13.2 Å². The number of halogens is 3. The Labute approximate surface area is 168 Å². The van der Waals surface area contributed by atoms with Gasteiger partial charge in [0.1, 0.15) is 12.4 Å². The summed E-state index contributed by atoms with van der Waals surface area (Å²) in [5.41, 5.74) is -0.783. The molecular weight excluding hydrogens is 387 g/mol. The van der Waals surface area contributed by atoms with Crippen molar-refractivity contribution in [1.29, 1.82) is 0 Å². The smallest absolute Gasteiger partial charge is 0.416 e. The Bertz CT molecular complexity index is 695. The lowest BCUT2D eigenvalue weighted by atomic mass is 9.85. The second-order valence-electron chi connectivity index (χ2n) is 7.50. The number of carbonyl (C=O) groups is 2. The first-order valence-electron chi connectivity index (χ1n) is 9.80. The molecule has 162 valence electrons. The minimum Gasteiger partial charge on any atom is -0.492 e. The quantitative estimate of drug-likeness (QED) is 0.597. The van der Waals surface area contributed by atoms with Gasteiger partial charge >= 0.3 is 12.2 Å². The van der Waals surface area contributed by atoms with E-state index in [-0.39, 0.29) is 48.8 Å². The molecule has 9 heteroatoms. The number of nitrogens with one attached hydrogen (secondary N) is 3. The van der Waals surface area contributed by atoms with E-state index in [1.807, 2.05) is 13.8 Å². The lowest BCUT2D eigenvalue weighted by Crippen LogP contribution is -2.47. The average molecular weight is 415 g/mol. The second kappa shape index (κ2) is 10.4. The standard InChI is InChI=1S/C20H28F3N3O3/c1-13(2)25-18(27)14-5-3-7-16(11-14)26-19(28)24-9-10-29-17-8-4-6-15(12-17)20(21,22)23/h4,6,8,12-14,16H,3,5,7,9-11H2,1-2H3,(H,25,27)(H2,24,26,28). The van der Waals surface area contributed by atoms with E-state index in [1.165, 1.54) is 12.1 Å². The third kappa shape index (κ3) is 7.83. The molecule has 2 rings (SSSR count). The van der Waals surface area contributed by atoms with Crippen LogP contribution in [0.5, 0.6) is 5.75 Å². The van der Waals surface area contributed by atoms with E-state index in [1.54, 1.807) is 0 Å². The highest BCUT2D eigenvalue weighted by Gasteiger charge is 2.30. The van der Waals surface area contributed by atoms with Crippen molar-refractivity contribution in [1.82, 2.24) is 16.0 Å². The summed E-state index contributed by atoms with van der Waals surface area (Å²) >= 11 is 0. The van der Waals surface area contributed by atoms with Crippen molar-refractivity contribution in [3.8, 4) is 5.75 Å². The molecule has 0 spiro atoms. The molecule has 3 N–H and O–H groups in total. The molecule has 0 heterocycles. The van der Waals surface area contributed by atoms with Gasteiger partial charge in [-0.3, -0.25) is 4.79 Å². The summed E-state index contributed by atoms with van der Waals surface area (Å²) in [6, 6.07) is 4.20. The maximum Gasteiger partial charge on any atom is 0.416 e. The lowest BCUT2D eigenvalue weighted by Gasteiger charge is -2.29. The fourth-order valence-corrected chi connectivity index (χ4v) is 3.29. The SMILES string of the molecule is CC(C)NC(=O)C1CCCC(NC(=O)NCCOc2cccc(C(F)(F)F)c2)C1. The molecule has 0 radical (unpaired) electrons.